The second-order valence-corrected chi connectivity index (χ2v) is 7.92. The number of nitrogens with one attached hydrogen (secondary N) is 2. The van der Waals surface area contributed by atoms with Gasteiger partial charge >= 0.3 is 6.03 Å². The normalized spacial score (nSPS) is 22.4. The van der Waals surface area contributed by atoms with E-state index in [4.69, 9.17) is 9.47 Å². The van der Waals surface area contributed by atoms with Crippen LogP contribution in [-0.2, 0) is 4.79 Å². The summed E-state index contributed by atoms with van der Waals surface area (Å²) in [5, 5.41) is 6.13. The molecule has 0 bridgehead atoms. The van der Waals surface area contributed by atoms with Crippen LogP contribution in [0, 0.1) is 5.92 Å². The second-order valence-electron chi connectivity index (χ2n) is 7.92. The minimum absolute atomic E-state index is 0.0243. The quantitative estimate of drug-likeness (QED) is 0.835. The molecule has 1 atom stereocenters. The SMILES string of the molecule is O=C(Nc1ccc2c(c1)OCCO2)C1CCCN(C(=O)NC2CCCCC2)C1. The van der Waals surface area contributed by atoms with Crippen molar-refractivity contribution in [2.45, 2.75) is 51.0 Å². The summed E-state index contributed by atoms with van der Waals surface area (Å²) in [7, 11) is 0. The first-order chi connectivity index (χ1) is 13.7. The van der Waals surface area contributed by atoms with Crippen LogP contribution < -0.4 is 20.1 Å². The predicted octanol–water partition coefficient (Wildman–Crippen LogP) is 3.15. The lowest BCUT2D eigenvalue weighted by molar-refractivity contribution is -0.121. The van der Waals surface area contributed by atoms with Crippen LogP contribution in [0.5, 0.6) is 11.5 Å². The van der Waals surface area contributed by atoms with E-state index in [0.29, 0.717) is 43.5 Å². The van der Waals surface area contributed by atoms with Crippen LogP contribution in [0.25, 0.3) is 0 Å². The fourth-order valence-corrected chi connectivity index (χ4v) is 4.25. The molecular weight excluding hydrogens is 358 g/mol. The minimum Gasteiger partial charge on any atom is -0.486 e. The maximum absolute atomic E-state index is 12.8. The van der Waals surface area contributed by atoms with Gasteiger partial charge in [0.2, 0.25) is 5.91 Å². The van der Waals surface area contributed by atoms with E-state index in [1.807, 2.05) is 12.1 Å². The summed E-state index contributed by atoms with van der Waals surface area (Å²) < 4.78 is 11.1. The Bertz CT molecular complexity index is 718. The average molecular weight is 387 g/mol. The molecule has 1 aromatic carbocycles. The first-order valence-corrected chi connectivity index (χ1v) is 10.4. The molecule has 2 aliphatic heterocycles. The molecule has 2 fully saturated rings. The Hall–Kier alpha value is -2.44. The van der Waals surface area contributed by atoms with Crippen molar-refractivity contribution in [1.29, 1.82) is 0 Å². The molecule has 4 rings (SSSR count). The lowest BCUT2D eigenvalue weighted by Gasteiger charge is -2.34. The van der Waals surface area contributed by atoms with Gasteiger partial charge in [0, 0.05) is 30.9 Å². The molecule has 0 spiro atoms. The highest BCUT2D eigenvalue weighted by atomic mass is 16.6. The number of piperidine rings is 1. The minimum atomic E-state index is -0.195. The van der Waals surface area contributed by atoms with Crippen LogP contribution in [0.3, 0.4) is 0 Å². The third-order valence-corrected chi connectivity index (χ3v) is 5.82. The highest BCUT2D eigenvalue weighted by molar-refractivity contribution is 5.93. The van der Waals surface area contributed by atoms with Crippen LogP contribution in [0.4, 0.5) is 10.5 Å². The van der Waals surface area contributed by atoms with Crippen molar-refractivity contribution < 1.29 is 19.1 Å². The number of rotatable bonds is 3. The molecule has 1 saturated carbocycles. The van der Waals surface area contributed by atoms with E-state index in [-0.39, 0.29) is 23.9 Å². The van der Waals surface area contributed by atoms with Gasteiger partial charge in [-0.3, -0.25) is 4.79 Å². The second kappa shape index (κ2) is 8.71. The van der Waals surface area contributed by atoms with Gasteiger partial charge in [-0.2, -0.15) is 0 Å². The van der Waals surface area contributed by atoms with Crippen molar-refractivity contribution in [3.63, 3.8) is 0 Å². The van der Waals surface area contributed by atoms with Gasteiger partial charge in [0.25, 0.3) is 0 Å². The molecule has 7 heteroatoms. The molecule has 0 radical (unpaired) electrons. The summed E-state index contributed by atoms with van der Waals surface area (Å²) in [5.74, 6) is 1.11. The standard InChI is InChI=1S/C21H29N3O4/c25-20(22-17-8-9-18-19(13-17)28-12-11-27-18)15-5-4-10-24(14-15)21(26)23-16-6-2-1-3-7-16/h8-9,13,15-16H,1-7,10-12,14H2,(H,22,25)(H,23,26). The average Bonchev–Trinajstić information content (AvgIpc) is 2.74. The van der Waals surface area contributed by atoms with E-state index in [2.05, 4.69) is 10.6 Å². The molecule has 0 aromatic heterocycles. The number of hydrogen-bond donors (Lipinski definition) is 2. The zero-order chi connectivity index (χ0) is 19.3. The van der Waals surface area contributed by atoms with Gasteiger partial charge in [-0.1, -0.05) is 19.3 Å². The van der Waals surface area contributed by atoms with Gasteiger partial charge in [0.15, 0.2) is 11.5 Å². The third-order valence-electron chi connectivity index (χ3n) is 5.82. The highest BCUT2D eigenvalue weighted by Crippen LogP contribution is 2.33. The Kier molecular flexibility index (Phi) is 5.88. The number of anilines is 1. The fraction of sp³-hybridized carbons (Fsp3) is 0.619. The Labute approximate surface area is 165 Å². The summed E-state index contributed by atoms with van der Waals surface area (Å²) in [6.07, 6.45) is 7.40. The third kappa shape index (κ3) is 4.51. The van der Waals surface area contributed by atoms with Crippen LogP contribution >= 0.6 is 0 Å². The first kappa shape index (κ1) is 18.9. The van der Waals surface area contributed by atoms with Crippen molar-refractivity contribution in [2.24, 2.45) is 5.92 Å². The van der Waals surface area contributed by atoms with Crippen molar-refractivity contribution in [3.05, 3.63) is 18.2 Å². The summed E-state index contributed by atoms with van der Waals surface area (Å²) in [6.45, 7) is 2.24. The van der Waals surface area contributed by atoms with Crippen molar-refractivity contribution in [2.75, 3.05) is 31.6 Å². The van der Waals surface area contributed by atoms with Gasteiger partial charge < -0.3 is 25.0 Å². The molecule has 7 nitrogen and oxygen atoms in total. The molecule has 28 heavy (non-hydrogen) atoms. The molecule has 2 heterocycles. The van der Waals surface area contributed by atoms with Crippen molar-refractivity contribution in [3.8, 4) is 11.5 Å². The number of urea groups is 1. The van der Waals surface area contributed by atoms with Crippen LogP contribution in [-0.4, -0.2) is 49.2 Å². The molecule has 1 unspecified atom stereocenters. The van der Waals surface area contributed by atoms with Gasteiger partial charge in [-0.05, 0) is 37.8 Å². The number of hydrogen-bond acceptors (Lipinski definition) is 4. The van der Waals surface area contributed by atoms with Crippen molar-refractivity contribution in [1.82, 2.24) is 10.2 Å². The van der Waals surface area contributed by atoms with Crippen LogP contribution in [0.1, 0.15) is 44.9 Å². The monoisotopic (exact) mass is 387 g/mol. The summed E-state index contributed by atoms with van der Waals surface area (Å²) >= 11 is 0. The number of nitrogens with zero attached hydrogens (tertiary/aromatic N) is 1. The van der Waals surface area contributed by atoms with Crippen molar-refractivity contribution >= 4 is 17.6 Å². The number of ether oxygens (including phenoxy) is 2. The topological polar surface area (TPSA) is 79.9 Å². The van der Waals surface area contributed by atoms with Crippen LogP contribution in [0.15, 0.2) is 18.2 Å². The summed E-state index contributed by atoms with van der Waals surface area (Å²) in [4.78, 5) is 27.2. The van der Waals surface area contributed by atoms with Gasteiger partial charge in [-0.15, -0.1) is 0 Å². The number of fused-ring (bicyclic) bond motifs is 1. The summed E-state index contributed by atoms with van der Waals surface area (Å²) in [6, 6.07) is 5.69. The Morgan fingerprint density at radius 1 is 0.964 bits per heavy atom. The Morgan fingerprint density at radius 3 is 2.57 bits per heavy atom. The largest absolute Gasteiger partial charge is 0.486 e. The first-order valence-electron chi connectivity index (χ1n) is 10.4. The Morgan fingerprint density at radius 2 is 1.75 bits per heavy atom. The predicted molar refractivity (Wildman–Crippen MR) is 106 cm³/mol. The molecule has 1 aliphatic carbocycles. The lowest BCUT2D eigenvalue weighted by Crippen LogP contribution is -2.50. The number of carbonyl (C=O) groups is 2. The molecule has 2 N–H and O–H groups in total. The molecular formula is C21H29N3O4. The maximum Gasteiger partial charge on any atom is 0.317 e. The number of amides is 3. The maximum atomic E-state index is 12.8. The van der Waals surface area contributed by atoms with Crippen LogP contribution in [0.2, 0.25) is 0 Å². The smallest absolute Gasteiger partial charge is 0.317 e. The van der Waals surface area contributed by atoms with Gasteiger partial charge in [0.1, 0.15) is 13.2 Å². The fourth-order valence-electron chi connectivity index (χ4n) is 4.25. The molecule has 1 aromatic rings. The van der Waals surface area contributed by atoms with E-state index < -0.39 is 0 Å². The van der Waals surface area contributed by atoms with E-state index in [0.717, 1.165) is 25.7 Å². The van der Waals surface area contributed by atoms with Gasteiger partial charge in [-0.25, -0.2) is 4.79 Å². The highest BCUT2D eigenvalue weighted by Gasteiger charge is 2.29. The number of likely N-dealkylation sites (tertiary alicyclic amines) is 1. The summed E-state index contributed by atoms with van der Waals surface area (Å²) in [5.41, 5.74) is 0.693. The molecule has 1 saturated heterocycles. The van der Waals surface area contributed by atoms with E-state index in [1.165, 1.54) is 19.3 Å². The molecule has 3 amide bonds. The number of carbonyl (C=O) groups excluding carboxylic acids is 2. The molecule has 152 valence electrons. The van der Waals surface area contributed by atoms with E-state index in [1.54, 1.807) is 11.0 Å². The lowest BCUT2D eigenvalue weighted by atomic mass is 9.95. The zero-order valence-corrected chi connectivity index (χ0v) is 16.2. The van der Waals surface area contributed by atoms with E-state index >= 15 is 0 Å². The molecule has 3 aliphatic rings. The zero-order valence-electron chi connectivity index (χ0n) is 16.2. The van der Waals surface area contributed by atoms with E-state index in [9.17, 15) is 9.59 Å². The number of benzene rings is 1. The van der Waals surface area contributed by atoms with Gasteiger partial charge in [0.05, 0.1) is 5.92 Å². The Balaban J connectivity index is 1.32.